The molecule has 0 aliphatic carbocycles. The molecule has 0 saturated heterocycles. The van der Waals surface area contributed by atoms with Gasteiger partial charge in [-0.1, -0.05) is 11.6 Å². The molecule has 0 atom stereocenters. The first-order chi connectivity index (χ1) is 8.49. The lowest BCUT2D eigenvalue weighted by Gasteiger charge is -2.22. The Kier molecular flexibility index (Phi) is 5.38. The van der Waals surface area contributed by atoms with E-state index in [0.717, 1.165) is 0 Å². The number of nitrogens with zero attached hydrogens (tertiary/aromatic N) is 2. The highest BCUT2D eigenvalue weighted by Gasteiger charge is 2.11. The molecule has 0 aliphatic rings. The van der Waals surface area contributed by atoms with Crippen LogP contribution in [0, 0.1) is 0 Å². The van der Waals surface area contributed by atoms with Crippen molar-refractivity contribution in [3.05, 3.63) is 23.4 Å². The van der Waals surface area contributed by atoms with Crippen LogP contribution >= 0.6 is 11.6 Å². The quantitative estimate of drug-likeness (QED) is 0.781. The fourth-order valence-corrected chi connectivity index (χ4v) is 1.47. The van der Waals surface area contributed by atoms with E-state index in [9.17, 15) is 9.59 Å². The summed E-state index contributed by atoms with van der Waals surface area (Å²) in [6, 6.07) is 3.25. The second kappa shape index (κ2) is 6.80. The van der Waals surface area contributed by atoms with Crippen LogP contribution in [0.5, 0.6) is 0 Å². The molecule has 1 aromatic heterocycles. The number of carboxylic acid groups (broad SMARTS) is 2. The molecule has 0 spiro atoms. The number of hydrogen-bond acceptors (Lipinski definition) is 4. The van der Waals surface area contributed by atoms with Crippen molar-refractivity contribution in [1.29, 1.82) is 0 Å². The molecule has 98 valence electrons. The molecule has 0 aromatic carbocycles. The van der Waals surface area contributed by atoms with E-state index in [-0.39, 0.29) is 25.9 Å². The zero-order valence-electron chi connectivity index (χ0n) is 9.54. The van der Waals surface area contributed by atoms with Crippen molar-refractivity contribution < 1.29 is 19.8 Å². The second-order valence-corrected chi connectivity index (χ2v) is 4.05. The Morgan fingerprint density at radius 3 is 2.11 bits per heavy atom. The molecule has 0 aliphatic heterocycles. The number of hydrogen-bond donors (Lipinski definition) is 2. The van der Waals surface area contributed by atoms with Crippen LogP contribution in [0.3, 0.4) is 0 Å². The Morgan fingerprint density at radius 1 is 1.17 bits per heavy atom. The predicted molar refractivity (Wildman–Crippen MR) is 66.0 cm³/mol. The molecular weight excluding hydrogens is 260 g/mol. The van der Waals surface area contributed by atoms with Crippen molar-refractivity contribution in [1.82, 2.24) is 4.98 Å². The third kappa shape index (κ3) is 5.01. The average molecular weight is 273 g/mol. The summed E-state index contributed by atoms with van der Waals surface area (Å²) >= 11 is 5.70. The molecule has 2 N–H and O–H groups in total. The van der Waals surface area contributed by atoms with Crippen molar-refractivity contribution in [3.8, 4) is 0 Å². The zero-order valence-corrected chi connectivity index (χ0v) is 10.3. The normalized spacial score (nSPS) is 10.1. The molecule has 1 rings (SSSR count). The molecule has 0 bridgehead atoms. The van der Waals surface area contributed by atoms with Gasteiger partial charge in [-0.2, -0.15) is 0 Å². The van der Waals surface area contributed by atoms with E-state index in [0.29, 0.717) is 10.8 Å². The third-order valence-corrected chi connectivity index (χ3v) is 2.45. The number of pyridine rings is 1. The van der Waals surface area contributed by atoms with Crippen LogP contribution in [0.15, 0.2) is 18.3 Å². The Morgan fingerprint density at radius 2 is 1.72 bits per heavy atom. The number of carbonyl (C=O) groups is 2. The van der Waals surface area contributed by atoms with E-state index in [2.05, 4.69) is 4.98 Å². The lowest BCUT2D eigenvalue weighted by molar-refractivity contribution is -0.137. The number of carboxylic acids is 2. The van der Waals surface area contributed by atoms with Gasteiger partial charge in [-0.3, -0.25) is 9.59 Å². The van der Waals surface area contributed by atoms with Crippen LogP contribution in [0.2, 0.25) is 5.02 Å². The smallest absolute Gasteiger partial charge is 0.305 e. The number of rotatable bonds is 7. The first kappa shape index (κ1) is 14.2. The molecule has 1 heterocycles. The van der Waals surface area contributed by atoms with Gasteiger partial charge in [0.2, 0.25) is 0 Å². The topological polar surface area (TPSA) is 90.7 Å². The van der Waals surface area contributed by atoms with Gasteiger partial charge in [-0.25, -0.2) is 4.98 Å². The van der Waals surface area contributed by atoms with Gasteiger partial charge >= 0.3 is 11.9 Å². The SMILES string of the molecule is O=C(O)CCN(CCC(=O)O)c1ccc(Cl)cn1. The first-order valence-electron chi connectivity index (χ1n) is 5.29. The molecule has 7 heteroatoms. The summed E-state index contributed by atoms with van der Waals surface area (Å²) in [5.41, 5.74) is 0. The minimum atomic E-state index is -0.940. The van der Waals surface area contributed by atoms with E-state index < -0.39 is 11.9 Å². The molecule has 18 heavy (non-hydrogen) atoms. The predicted octanol–water partition coefficient (Wildman–Crippen LogP) is 1.49. The van der Waals surface area contributed by atoms with Crippen molar-refractivity contribution in [2.24, 2.45) is 0 Å². The highest BCUT2D eigenvalue weighted by molar-refractivity contribution is 6.30. The summed E-state index contributed by atoms with van der Waals surface area (Å²) in [6.45, 7) is 0.411. The monoisotopic (exact) mass is 272 g/mol. The number of halogens is 1. The largest absolute Gasteiger partial charge is 0.481 e. The van der Waals surface area contributed by atoms with Crippen LogP contribution in [0.25, 0.3) is 0 Å². The van der Waals surface area contributed by atoms with Gasteiger partial charge in [0.15, 0.2) is 0 Å². The van der Waals surface area contributed by atoms with E-state index >= 15 is 0 Å². The molecular formula is C11H13ClN2O4. The van der Waals surface area contributed by atoms with Crippen LogP contribution in [-0.4, -0.2) is 40.2 Å². The number of aromatic nitrogens is 1. The molecule has 0 radical (unpaired) electrons. The van der Waals surface area contributed by atoms with Gasteiger partial charge in [0, 0.05) is 19.3 Å². The molecule has 6 nitrogen and oxygen atoms in total. The van der Waals surface area contributed by atoms with Gasteiger partial charge in [-0.15, -0.1) is 0 Å². The maximum atomic E-state index is 10.5. The molecule has 0 fully saturated rings. The summed E-state index contributed by atoms with van der Waals surface area (Å²) in [5.74, 6) is -1.37. The summed E-state index contributed by atoms with van der Waals surface area (Å²) in [7, 11) is 0. The van der Waals surface area contributed by atoms with Gasteiger partial charge in [-0.05, 0) is 12.1 Å². The maximum Gasteiger partial charge on any atom is 0.305 e. The summed E-state index contributed by atoms with van der Waals surface area (Å²) in [5, 5.41) is 17.8. The standard InChI is InChI=1S/C11H13ClN2O4/c12-8-1-2-9(13-7-8)14(5-3-10(15)16)6-4-11(17)18/h1-2,7H,3-6H2,(H,15,16)(H,17,18). The van der Waals surface area contributed by atoms with Crippen LogP contribution in [0.1, 0.15) is 12.8 Å². The first-order valence-corrected chi connectivity index (χ1v) is 5.67. The van der Waals surface area contributed by atoms with E-state index in [1.54, 1.807) is 17.0 Å². The molecule has 0 amide bonds. The summed E-state index contributed by atoms with van der Waals surface area (Å²) in [6.07, 6.45) is 1.28. The van der Waals surface area contributed by atoms with Crippen LogP contribution < -0.4 is 4.90 Å². The highest BCUT2D eigenvalue weighted by Crippen LogP contribution is 2.15. The van der Waals surface area contributed by atoms with Crippen molar-refractivity contribution in [2.75, 3.05) is 18.0 Å². The molecule has 1 aromatic rings. The number of aliphatic carboxylic acids is 2. The van der Waals surface area contributed by atoms with Crippen molar-refractivity contribution >= 4 is 29.4 Å². The zero-order chi connectivity index (χ0) is 13.5. The van der Waals surface area contributed by atoms with Crippen molar-refractivity contribution in [3.63, 3.8) is 0 Å². The second-order valence-electron chi connectivity index (χ2n) is 3.61. The minimum absolute atomic E-state index is 0.0794. The number of anilines is 1. The lowest BCUT2D eigenvalue weighted by atomic mass is 10.3. The van der Waals surface area contributed by atoms with Gasteiger partial charge < -0.3 is 15.1 Å². The Hall–Kier alpha value is -1.82. The van der Waals surface area contributed by atoms with E-state index in [4.69, 9.17) is 21.8 Å². The van der Waals surface area contributed by atoms with Gasteiger partial charge in [0.1, 0.15) is 5.82 Å². The fourth-order valence-electron chi connectivity index (χ4n) is 1.36. The molecule has 0 unspecified atom stereocenters. The average Bonchev–Trinajstić information content (AvgIpc) is 2.30. The maximum absolute atomic E-state index is 10.5. The lowest BCUT2D eigenvalue weighted by Crippen LogP contribution is -2.29. The summed E-state index contributed by atoms with van der Waals surface area (Å²) < 4.78 is 0. The molecule has 0 saturated carbocycles. The van der Waals surface area contributed by atoms with Gasteiger partial charge in [0.05, 0.1) is 17.9 Å². The van der Waals surface area contributed by atoms with Crippen molar-refractivity contribution in [2.45, 2.75) is 12.8 Å². The Bertz CT molecular complexity index is 404. The van der Waals surface area contributed by atoms with Crippen LogP contribution in [-0.2, 0) is 9.59 Å². The van der Waals surface area contributed by atoms with E-state index in [1.165, 1.54) is 6.20 Å². The third-order valence-electron chi connectivity index (χ3n) is 2.23. The Balaban J connectivity index is 2.71. The minimum Gasteiger partial charge on any atom is -0.481 e. The van der Waals surface area contributed by atoms with E-state index in [1.807, 2.05) is 0 Å². The highest BCUT2D eigenvalue weighted by atomic mass is 35.5. The van der Waals surface area contributed by atoms with Crippen LogP contribution in [0.4, 0.5) is 5.82 Å². The fraction of sp³-hybridized carbons (Fsp3) is 0.364. The Labute approximate surface area is 109 Å². The van der Waals surface area contributed by atoms with Gasteiger partial charge in [0.25, 0.3) is 0 Å². The summed E-state index contributed by atoms with van der Waals surface area (Å²) in [4.78, 5) is 26.7.